The number of nitrogens with zero attached hydrogens (tertiary/aromatic N) is 5. The fourth-order valence-corrected chi connectivity index (χ4v) is 4.30. The van der Waals surface area contributed by atoms with Crippen molar-refractivity contribution in [1.82, 2.24) is 25.1 Å². The maximum atomic E-state index is 12.3. The summed E-state index contributed by atoms with van der Waals surface area (Å²) in [5.74, 6) is 0.200. The number of aromatic nitrogens is 4. The van der Waals surface area contributed by atoms with Gasteiger partial charge in [-0.1, -0.05) is 23.9 Å². The van der Waals surface area contributed by atoms with E-state index in [-0.39, 0.29) is 17.8 Å². The van der Waals surface area contributed by atoms with Gasteiger partial charge in [0.05, 0.1) is 18.4 Å². The van der Waals surface area contributed by atoms with Crippen molar-refractivity contribution < 1.29 is 9.53 Å². The number of hydrogen-bond donors (Lipinski definition) is 1. The molecule has 150 valence electrons. The molecule has 1 N–H and O–H groups in total. The fraction of sp³-hybridized carbons (Fsp3) is 0.579. The van der Waals surface area contributed by atoms with E-state index in [0.29, 0.717) is 11.7 Å². The smallest absolute Gasteiger partial charge is 0.234 e. The SMILES string of the molecule is O=C(CSc1nnnn1C[C@@H]1CCCO1)Nc1ccc(CN2CCCC2)cc1. The summed E-state index contributed by atoms with van der Waals surface area (Å²) in [5.41, 5.74) is 2.09. The van der Waals surface area contributed by atoms with Gasteiger partial charge in [0.15, 0.2) is 0 Å². The van der Waals surface area contributed by atoms with Gasteiger partial charge < -0.3 is 10.1 Å². The van der Waals surface area contributed by atoms with E-state index >= 15 is 0 Å². The van der Waals surface area contributed by atoms with E-state index in [9.17, 15) is 4.79 Å². The Hall–Kier alpha value is -1.97. The maximum absolute atomic E-state index is 12.3. The van der Waals surface area contributed by atoms with Crippen molar-refractivity contribution in [3.8, 4) is 0 Å². The highest BCUT2D eigenvalue weighted by atomic mass is 32.2. The summed E-state index contributed by atoms with van der Waals surface area (Å²) in [6.45, 7) is 4.78. The number of nitrogens with one attached hydrogen (secondary N) is 1. The summed E-state index contributed by atoms with van der Waals surface area (Å²) in [5, 5.41) is 15.4. The lowest BCUT2D eigenvalue weighted by molar-refractivity contribution is -0.113. The van der Waals surface area contributed by atoms with Gasteiger partial charge in [-0.15, -0.1) is 5.10 Å². The third kappa shape index (κ3) is 5.30. The number of rotatable bonds is 8. The van der Waals surface area contributed by atoms with Crippen LogP contribution in [0.25, 0.3) is 0 Å². The number of carbonyl (C=O) groups is 1. The minimum atomic E-state index is -0.0658. The highest BCUT2D eigenvalue weighted by molar-refractivity contribution is 7.99. The van der Waals surface area contributed by atoms with Crippen LogP contribution in [0.15, 0.2) is 29.4 Å². The van der Waals surface area contributed by atoms with E-state index in [2.05, 4.69) is 37.9 Å². The van der Waals surface area contributed by atoms with Crippen LogP contribution in [0, 0.1) is 0 Å². The summed E-state index contributed by atoms with van der Waals surface area (Å²) in [6, 6.07) is 8.11. The van der Waals surface area contributed by atoms with E-state index < -0.39 is 0 Å². The predicted molar refractivity (Wildman–Crippen MR) is 107 cm³/mol. The Balaban J connectivity index is 1.24. The first-order valence-electron chi connectivity index (χ1n) is 9.88. The highest BCUT2D eigenvalue weighted by Crippen LogP contribution is 2.19. The van der Waals surface area contributed by atoms with Gasteiger partial charge in [0.25, 0.3) is 0 Å². The molecule has 1 atom stereocenters. The molecule has 2 aromatic rings. The standard InChI is InChI=1S/C19H26N6O2S/c26-18(14-28-19-21-22-23-25(19)13-17-4-3-11-27-17)20-16-7-5-15(6-8-16)12-24-9-1-2-10-24/h5-8,17H,1-4,9-14H2,(H,20,26)/t17-/m0/s1. The Kier molecular flexibility index (Phi) is 6.56. The zero-order chi connectivity index (χ0) is 19.2. The molecule has 8 nitrogen and oxygen atoms in total. The first kappa shape index (κ1) is 19.4. The lowest BCUT2D eigenvalue weighted by Crippen LogP contribution is -2.19. The average molecular weight is 403 g/mol. The molecule has 0 unspecified atom stereocenters. The van der Waals surface area contributed by atoms with Crippen LogP contribution in [0.3, 0.4) is 0 Å². The molecule has 2 saturated heterocycles. The number of benzene rings is 1. The number of hydrogen-bond acceptors (Lipinski definition) is 7. The number of ether oxygens (including phenoxy) is 1. The summed E-state index contributed by atoms with van der Waals surface area (Å²) in [4.78, 5) is 14.7. The van der Waals surface area contributed by atoms with Gasteiger partial charge in [0, 0.05) is 18.8 Å². The minimum Gasteiger partial charge on any atom is -0.376 e. The van der Waals surface area contributed by atoms with Gasteiger partial charge in [-0.25, -0.2) is 4.68 Å². The zero-order valence-electron chi connectivity index (χ0n) is 15.9. The molecular weight excluding hydrogens is 376 g/mol. The number of anilines is 1. The summed E-state index contributed by atoms with van der Waals surface area (Å²) in [6.07, 6.45) is 4.86. The van der Waals surface area contributed by atoms with Crippen molar-refractivity contribution in [2.45, 2.75) is 50.0 Å². The molecule has 1 amide bonds. The number of likely N-dealkylation sites (tertiary alicyclic amines) is 1. The molecule has 9 heteroatoms. The van der Waals surface area contributed by atoms with Gasteiger partial charge in [0.2, 0.25) is 11.1 Å². The molecule has 4 rings (SSSR count). The van der Waals surface area contributed by atoms with Gasteiger partial charge in [-0.2, -0.15) is 0 Å². The Morgan fingerprint density at radius 1 is 1.21 bits per heavy atom. The molecule has 0 aliphatic carbocycles. The van der Waals surface area contributed by atoms with Crippen LogP contribution in [-0.4, -0.2) is 62.6 Å². The Morgan fingerprint density at radius 3 is 2.79 bits per heavy atom. The number of amides is 1. The largest absolute Gasteiger partial charge is 0.376 e. The fourth-order valence-electron chi connectivity index (χ4n) is 3.62. The van der Waals surface area contributed by atoms with Crippen LogP contribution >= 0.6 is 11.8 Å². The predicted octanol–water partition coefficient (Wildman–Crippen LogP) is 2.18. The second kappa shape index (κ2) is 9.49. The van der Waals surface area contributed by atoms with Crippen LogP contribution in [0.1, 0.15) is 31.2 Å². The van der Waals surface area contributed by atoms with Crippen molar-refractivity contribution in [3.05, 3.63) is 29.8 Å². The van der Waals surface area contributed by atoms with Crippen LogP contribution in [0.5, 0.6) is 0 Å². The normalized spacial score (nSPS) is 19.9. The van der Waals surface area contributed by atoms with Gasteiger partial charge in [0.1, 0.15) is 0 Å². The molecule has 2 aliphatic rings. The maximum Gasteiger partial charge on any atom is 0.234 e. The topological polar surface area (TPSA) is 85.2 Å². The average Bonchev–Trinajstić information content (AvgIpc) is 3.46. The van der Waals surface area contributed by atoms with Gasteiger partial charge in [-0.3, -0.25) is 9.69 Å². The summed E-state index contributed by atoms with van der Waals surface area (Å²) >= 11 is 1.34. The summed E-state index contributed by atoms with van der Waals surface area (Å²) < 4.78 is 7.35. The minimum absolute atomic E-state index is 0.0658. The van der Waals surface area contributed by atoms with Crippen LogP contribution < -0.4 is 5.32 Å². The van der Waals surface area contributed by atoms with Gasteiger partial charge in [-0.05, 0) is 66.9 Å². The Morgan fingerprint density at radius 2 is 2.04 bits per heavy atom. The van der Waals surface area contributed by atoms with Gasteiger partial charge >= 0.3 is 0 Å². The second-order valence-corrected chi connectivity index (χ2v) is 8.24. The van der Waals surface area contributed by atoms with E-state index in [4.69, 9.17) is 4.74 Å². The van der Waals surface area contributed by atoms with E-state index in [0.717, 1.165) is 31.7 Å². The molecular formula is C19H26N6O2S. The molecule has 2 fully saturated rings. The third-order valence-corrected chi connectivity index (χ3v) is 6.03. The van der Waals surface area contributed by atoms with E-state index in [1.165, 1.54) is 43.3 Å². The zero-order valence-corrected chi connectivity index (χ0v) is 16.7. The lowest BCUT2D eigenvalue weighted by Gasteiger charge is -2.14. The van der Waals surface area contributed by atoms with Crippen molar-refractivity contribution in [1.29, 1.82) is 0 Å². The molecule has 0 radical (unpaired) electrons. The van der Waals surface area contributed by atoms with Crippen molar-refractivity contribution >= 4 is 23.4 Å². The lowest BCUT2D eigenvalue weighted by atomic mass is 10.2. The molecule has 0 saturated carbocycles. The number of thioether (sulfide) groups is 1. The van der Waals surface area contributed by atoms with Crippen molar-refractivity contribution in [3.63, 3.8) is 0 Å². The third-order valence-electron chi connectivity index (χ3n) is 5.07. The number of carbonyl (C=O) groups excluding carboxylic acids is 1. The molecule has 0 bridgehead atoms. The molecule has 28 heavy (non-hydrogen) atoms. The van der Waals surface area contributed by atoms with Crippen LogP contribution in [0.2, 0.25) is 0 Å². The van der Waals surface area contributed by atoms with Crippen molar-refractivity contribution in [2.24, 2.45) is 0 Å². The van der Waals surface area contributed by atoms with E-state index in [1.54, 1.807) is 4.68 Å². The second-order valence-electron chi connectivity index (χ2n) is 7.30. The molecule has 2 aliphatic heterocycles. The Bertz CT molecular complexity index is 769. The first-order valence-corrected chi connectivity index (χ1v) is 10.9. The molecule has 1 aromatic carbocycles. The number of tetrazole rings is 1. The molecule has 1 aromatic heterocycles. The molecule has 0 spiro atoms. The highest BCUT2D eigenvalue weighted by Gasteiger charge is 2.19. The van der Waals surface area contributed by atoms with Crippen LogP contribution in [-0.2, 0) is 22.6 Å². The monoisotopic (exact) mass is 402 g/mol. The molecule has 3 heterocycles. The van der Waals surface area contributed by atoms with Crippen LogP contribution in [0.4, 0.5) is 5.69 Å². The first-order chi connectivity index (χ1) is 13.8. The Labute approximate surface area is 169 Å². The van der Waals surface area contributed by atoms with Crippen molar-refractivity contribution in [2.75, 3.05) is 30.8 Å². The summed E-state index contributed by atoms with van der Waals surface area (Å²) in [7, 11) is 0. The quantitative estimate of drug-likeness (QED) is 0.678. The van der Waals surface area contributed by atoms with E-state index in [1.807, 2.05) is 12.1 Å².